The molecule has 0 aliphatic heterocycles. The fourth-order valence-electron chi connectivity index (χ4n) is 1.46. The van der Waals surface area contributed by atoms with E-state index < -0.39 is 15.9 Å². The molecule has 3 N–H and O–H groups in total. The van der Waals surface area contributed by atoms with Crippen LogP contribution in [0.1, 0.15) is 25.3 Å². The summed E-state index contributed by atoms with van der Waals surface area (Å²) in [4.78, 5) is 10.7. The molecule has 1 aromatic rings. The third-order valence-corrected chi connectivity index (χ3v) is 3.75. The summed E-state index contributed by atoms with van der Waals surface area (Å²) < 4.78 is 25.8. The minimum atomic E-state index is -3.27. The first-order chi connectivity index (χ1) is 8.43. The number of sulfonamides is 1. The van der Waals surface area contributed by atoms with Crippen LogP contribution in [0.25, 0.3) is 0 Å². The van der Waals surface area contributed by atoms with Gasteiger partial charge in [-0.2, -0.15) is 0 Å². The summed E-state index contributed by atoms with van der Waals surface area (Å²) in [6, 6.07) is 6.62. The van der Waals surface area contributed by atoms with Crippen LogP contribution in [0.15, 0.2) is 24.3 Å². The summed E-state index contributed by atoms with van der Waals surface area (Å²) in [7, 11) is -3.27. The maximum atomic E-state index is 11.6. The molecule has 0 saturated carbocycles. The van der Waals surface area contributed by atoms with Gasteiger partial charge in [-0.1, -0.05) is 25.5 Å². The van der Waals surface area contributed by atoms with E-state index in [-0.39, 0.29) is 12.2 Å². The van der Waals surface area contributed by atoms with Crippen LogP contribution in [0.5, 0.6) is 0 Å². The Morgan fingerprint density at radius 2 is 1.89 bits per heavy atom. The number of hydrogen-bond donors (Lipinski definition) is 2. The molecule has 0 atom stereocenters. The third kappa shape index (κ3) is 5.18. The van der Waals surface area contributed by atoms with Gasteiger partial charge in [0.2, 0.25) is 15.9 Å². The second kappa shape index (κ2) is 6.39. The molecule has 0 heterocycles. The van der Waals surface area contributed by atoms with Crippen LogP contribution >= 0.6 is 0 Å². The van der Waals surface area contributed by atoms with Crippen molar-refractivity contribution in [1.82, 2.24) is 0 Å². The van der Waals surface area contributed by atoms with Crippen molar-refractivity contribution in [2.24, 2.45) is 5.73 Å². The molecule has 0 aliphatic rings. The minimum Gasteiger partial charge on any atom is -0.369 e. The Balaban J connectivity index is 2.66. The van der Waals surface area contributed by atoms with Crippen molar-refractivity contribution in [3.63, 3.8) is 0 Å². The van der Waals surface area contributed by atoms with Gasteiger partial charge in [0.05, 0.1) is 12.2 Å². The molecule has 1 aromatic carbocycles. The van der Waals surface area contributed by atoms with Gasteiger partial charge in [0, 0.05) is 5.69 Å². The van der Waals surface area contributed by atoms with Gasteiger partial charge in [-0.25, -0.2) is 8.42 Å². The highest BCUT2D eigenvalue weighted by Gasteiger charge is 2.09. The van der Waals surface area contributed by atoms with E-state index in [9.17, 15) is 13.2 Å². The van der Waals surface area contributed by atoms with Crippen molar-refractivity contribution in [3.05, 3.63) is 29.8 Å². The standard InChI is InChI=1S/C12H18N2O3S/c1-2-3-8-18(16,17)14-11-6-4-10(5-7-11)9-12(13)15/h4-7,14H,2-3,8-9H2,1H3,(H2,13,15). The van der Waals surface area contributed by atoms with Gasteiger partial charge in [-0.3, -0.25) is 9.52 Å². The van der Waals surface area contributed by atoms with Crippen molar-refractivity contribution in [2.45, 2.75) is 26.2 Å². The summed E-state index contributed by atoms with van der Waals surface area (Å²) in [6.07, 6.45) is 1.62. The molecule has 18 heavy (non-hydrogen) atoms. The van der Waals surface area contributed by atoms with Gasteiger partial charge < -0.3 is 5.73 Å². The highest BCUT2D eigenvalue weighted by Crippen LogP contribution is 2.12. The van der Waals surface area contributed by atoms with Crippen LogP contribution in [-0.4, -0.2) is 20.1 Å². The van der Waals surface area contributed by atoms with Crippen LogP contribution < -0.4 is 10.5 Å². The van der Waals surface area contributed by atoms with Gasteiger partial charge in [0.25, 0.3) is 0 Å². The average molecular weight is 270 g/mol. The SMILES string of the molecule is CCCCS(=O)(=O)Nc1ccc(CC(N)=O)cc1. The van der Waals surface area contributed by atoms with E-state index in [1.54, 1.807) is 24.3 Å². The second-order valence-electron chi connectivity index (χ2n) is 4.11. The van der Waals surface area contributed by atoms with Gasteiger partial charge in [-0.05, 0) is 24.1 Å². The topological polar surface area (TPSA) is 89.3 Å². The Morgan fingerprint density at radius 3 is 2.39 bits per heavy atom. The Hall–Kier alpha value is -1.56. The summed E-state index contributed by atoms with van der Waals surface area (Å²) >= 11 is 0. The van der Waals surface area contributed by atoms with Crippen molar-refractivity contribution in [1.29, 1.82) is 0 Å². The first kappa shape index (κ1) is 14.5. The van der Waals surface area contributed by atoms with Crippen LogP contribution in [-0.2, 0) is 21.2 Å². The summed E-state index contributed by atoms with van der Waals surface area (Å²) in [6.45, 7) is 1.94. The summed E-state index contributed by atoms with van der Waals surface area (Å²) in [5.41, 5.74) is 6.33. The van der Waals surface area contributed by atoms with E-state index in [1.165, 1.54) is 0 Å². The molecule has 100 valence electrons. The number of primary amides is 1. The third-order valence-electron chi connectivity index (χ3n) is 2.37. The first-order valence-electron chi connectivity index (χ1n) is 5.80. The van der Waals surface area contributed by atoms with Crippen molar-refractivity contribution in [3.8, 4) is 0 Å². The Morgan fingerprint density at radius 1 is 1.28 bits per heavy atom. The van der Waals surface area contributed by atoms with E-state index >= 15 is 0 Å². The van der Waals surface area contributed by atoms with Crippen LogP contribution in [0, 0.1) is 0 Å². The van der Waals surface area contributed by atoms with Gasteiger partial charge >= 0.3 is 0 Å². The van der Waals surface area contributed by atoms with Gasteiger partial charge in [0.15, 0.2) is 0 Å². The number of nitrogens with one attached hydrogen (secondary N) is 1. The number of unbranched alkanes of at least 4 members (excludes halogenated alkanes) is 1. The number of benzene rings is 1. The van der Waals surface area contributed by atoms with Crippen molar-refractivity contribution in [2.75, 3.05) is 10.5 Å². The van der Waals surface area contributed by atoms with Crippen molar-refractivity contribution < 1.29 is 13.2 Å². The van der Waals surface area contributed by atoms with E-state index in [4.69, 9.17) is 5.73 Å². The fourth-order valence-corrected chi connectivity index (χ4v) is 2.72. The molecule has 0 unspecified atom stereocenters. The predicted octanol–water partition coefficient (Wildman–Crippen LogP) is 1.26. The smallest absolute Gasteiger partial charge is 0.232 e. The number of carbonyl (C=O) groups is 1. The molecule has 0 spiro atoms. The molecule has 0 bridgehead atoms. The fraction of sp³-hybridized carbons (Fsp3) is 0.417. The van der Waals surface area contributed by atoms with Crippen LogP contribution in [0.2, 0.25) is 0 Å². The lowest BCUT2D eigenvalue weighted by atomic mass is 10.1. The molecule has 0 fully saturated rings. The zero-order valence-electron chi connectivity index (χ0n) is 10.3. The molecule has 0 aliphatic carbocycles. The lowest BCUT2D eigenvalue weighted by molar-refractivity contribution is -0.117. The highest BCUT2D eigenvalue weighted by atomic mass is 32.2. The lowest BCUT2D eigenvalue weighted by Crippen LogP contribution is -2.17. The Bertz CT molecular complexity index is 495. The van der Waals surface area contributed by atoms with Crippen LogP contribution in [0.4, 0.5) is 5.69 Å². The number of carbonyl (C=O) groups excluding carboxylic acids is 1. The number of nitrogens with two attached hydrogens (primary N) is 1. The number of amides is 1. The number of rotatable bonds is 7. The molecule has 0 aromatic heterocycles. The summed E-state index contributed by atoms with van der Waals surface area (Å²) in [5, 5.41) is 0. The van der Waals surface area contributed by atoms with Crippen LogP contribution in [0.3, 0.4) is 0 Å². The monoisotopic (exact) mass is 270 g/mol. The summed E-state index contributed by atoms with van der Waals surface area (Å²) in [5.74, 6) is -0.293. The zero-order chi connectivity index (χ0) is 13.6. The Kier molecular flexibility index (Phi) is 5.15. The quantitative estimate of drug-likeness (QED) is 0.781. The molecular weight excluding hydrogens is 252 g/mol. The van der Waals surface area contributed by atoms with E-state index in [0.717, 1.165) is 12.0 Å². The van der Waals surface area contributed by atoms with E-state index in [1.807, 2.05) is 6.92 Å². The van der Waals surface area contributed by atoms with Crippen molar-refractivity contribution >= 4 is 21.6 Å². The molecule has 1 rings (SSSR count). The highest BCUT2D eigenvalue weighted by molar-refractivity contribution is 7.92. The first-order valence-corrected chi connectivity index (χ1v) is 7.46. The molecular formula is C12H18N2O3S. The average Bonchev–Trinajstić information content (AvgIpc) is 2.28. The normalized spacial score (nSPS) is 11.2. The lowest BCUT2D eigenvalue weighted by Gasteiger charge is -2.08. The molecule has 5 nitrogen and oxygen atoms in total. The molecule has 6 heteroatoms. The largest absolute Gasteiger partial charge is 0.369 e. The molecule has 0 saturated heterocycles. The maximum Gasteiger partial charge on any atom is 0.232 e. The zero-order valence-corrected chi connectivity index (χ0v) is 11.2. The number of anilines is 1. The Labute approximate surface area is 107 Å². The molecule has 1 amide bonds. The predicted molar refractivity (Wildman–Crippen MR) is 71.7 cm³/mol. The number of hydrogen-bond acceptors (Lipinski definition) is 3. The van der Waals surface area contributed by atoms with Gasteiger partial charge in [-0.15, -0.1) is 0 Å². The maximum absolute atomic E-state index is 11.6. The van der Waals surface area contributed by atoms with E-state index in [0.29, 0.717) is 12.1 Å². The van der Waals surface area contributed by atoms with E-state index in [2.05, 4.69) is 4.72 Å². The second-order valence-corrected chi connectivity index (χ2v) is 5.96. The minimum absolute atomic E-state index is 0.118. The van der Waals surface area contributed by atoms with Gasteiger partial charge in [0.1, 0.15) is 0 Å². The molecule has 0 radical (unpaired) electrons.